The van der Waals surface area contributed by atoms with E-state index < -0.39 is 5.60 Å². The molecule has 0 amide bonds. The van der Waals surface area contributed by atoms with Crippen molar-refractivity contribution >= 4 is 17.3 Å². The van der Waals surface area contributed by atoms with E-state index >= 15 is 0 Å². The standard InChI is InChI=1S/C11H20ClN3O/c1-5-6-9(11(2,3)16)15-10(12)8(13-4)7-14-15/h7,9,13,16H,5-6H2,1-4H3. The molecule has 0 aromatic carbocycles. The average molecular weight is 246 g/mol. The van der Waals surface area contributed by atoms with Crippen molar-refractivity contribution in [3.8, 4) is 0 Å². The van der Waals surface area contributed by atoms with Gasteiger partial charge in [0.15, 0.2) is 5.15 Å². The molecular weight excluding hydrogens is 226 g/mol. The summed E-state index contributed by atoms with van der Waals surface area (Å²) in [7, 11) is 1.80. The fraction of sp³-hybridized carbons (Fsp3) is 0.727. The molecule has 1 aromatic heterocycles. The van der Waals surface area contributed by atoms with E-state index in [0.717, 1.165) is 18.5 Å². The van der Waals surface area contributed by atoms with E-state index in [2.05, 4.69) is 17.3 Å². The Morgan fingerprint density at radius 3 is 2.62 bits per heavy atom. The summed E-state index contributed by atoms with van der Waals surface area (Å²) in [6, 6.07) is -0.105. The largest absolute Gasteiger partial charge is 0.388 e. The summed E-state index contributed by atoms with van der Waals surface area (Å²) in [4.78, 5) is 0. The second-order valence-electron chi connectivity index (χ2n) is 4.50. The fourth-order valence-corrected chi connectivity index (χ4v) is 2.09. The Kier molecular flexibility index (Phi) is 4.21. The number of rotatable bonds is 5. The number of hydrogen-bond donors (Lipinski definition) is 2. The second kappa shape index (κ2) is 5.06. The number of halogens is 1. The van der Waals surface area contributed by atoms with Crippen molar-refractivity contribution in [3.05, 3.63) is 11.3 Å². The first-order chi connectivity index (χ1) is 7.41. The van der Waals surface area contributed by atoms with Crippen LogP contribution in [0, 0.1) is 0 Å². The highest BCUT2D eigenvalue weighted by Crippen LogP contribution is 2.32. The van der Waals surface area contributed by atoms with Crippen molar-refractivity contribution in [3.63, 3.8) is 0 Å². The highest BCUT2D eigenvalue weighted by atomic mass is 35.5. The molecule has 0 aliphatic heterocycles. The van der Waals surface area contributed by atoms with Gasteiger partial charge in [-0.15, -0.1) is 0 Å². The van der Waals surface area contributed by atoms with Crippen LogP contribution < -0.4 is 5.32 Å². The molecule has 4 nitrogen and oxygen atoms in total. The third-order valence-corrected chi connectivity index (χ3v) is 3.05. The average Bonchev–Trinajstić information content (AvgIpc) is 2.54. The summed E-state index contributed by atoms with van der Waals surface area (Å²) in [5, 5.41) is 17.9. The molecule has 0 bridgehead atoms. The molecule has 0 saturated heterocycles. The zero-order chi connectivity index (χ0) is 12.3. The van der Waals surface area contributed by atoms with Crippen LogP contribution in [0.3, 0.4) is 0 Å². The van der Waals surface area contributed by atoms with E-state index in [4.69, 9.17) is 11.6 Å². The van der Waals surface area contributed by atoms with Gasteiger partial charge in [-0.05, 0) is 20.3 Å². The van der Waals surface area contributed by atoms with Gasteiger partial charge in [0.05, 0.1) is 23.5 Å². The van der Waals surface area contributed by atoms with Crippen molar-refractivity contribution in [2.45, 2.75) is 45.3 Å². The molecule has 0 aliphatic carbocycles. The molecule has 0 radical (unpaired) electrons. The van der Waals surface area contributed by atoms with Gasteiger partial charge in [0, 0.05) is 7.05 Å². The normalized spacial score (nSPS) is 13.9. The van der Waals surface area contributed by atoms with Gasteiger partial charge < -0.3 is 10.4 Å². The maximum atomic E-state index is 10.1. The molecular formula is C11H20ClN3O. The Labute approximate surface area is 102 Å². The fourth-order valence-electron chi connectivity index (χ4n) is 1.78. The van der Waals surface area contributed by atoms with Crippen LogP contribution in [0.4, 0.5) is 5.69 Å². The van der Waals surface area contributed by atoms with E-state index in [9.17, 15) is 5.11 Å². The lowest BCUT2D eigenvalue weighted by Gasteiger charge is -2.29. The Balaban J connectivity index is 3.06. The molecule has 1 rings (SSSR count). The lowest BCUT2D eigenvalue weighted by Crippen LogP contribution is -2.34. The topological polar surface area (TPSA) is 50.1 Å². The number of nitrogens with zero attached hydrogens (tertiary/aromatic N) is 2. The van der Waals surface area contributed by atoms with Crippen LogP contribution in [0.1, 0.15) is 39.7 Å². The Hall–Kier alpha value is -0.740. The first kappa shape index (κ1) is 13.3. The Bertz CT molecular complexity index is 343. The first-order valence-electron chi connectivity index (χ1n) is 5.55. The molecule has 1 heterocycles. The van der Waals surface area contributed by atoms with Crippen LogP contribution in [0.15, 0.2) is 6.20 Å². The lowest BCUT2D eigenvalue weighted by atomic mass is 9.95. The zero-order valence-corrected chi connectivity index (χ0v) is 11.0. The van der Waals surface area contributed by atoms with Gasteiger partial charge in [-0.3, -0.25) is 0 Å². The summed E-state index contributed by atoms with van der Waals surface area (Å²) in [6.07, 6.45) is 3.49. The zero-order valence-electron chi connectivity index (χ0n) is 10.3. The Morgan fingerprint density at radius 2 is 2.25 bits per heavy atom. The van der Waals surface area contributed by atoms with Crippen molar-refractivity contribution in [2.75, 3.05) is 12.4 Å². The van der Waals surface area contributed by atoms with E-state index in [-0.39, 0.29) is 6.04 Å². The molecule has 16 heavy (non-hydrogen) atoms. The van der Waals surface area contributed by atoms with Crippen molar-refractivity contribution in [1.82, 2.24) is 9.78 Å². The predicted molar refractivity (Wildman–Crippen MR) is 67.0 cm³/mol. The smallest absolute Gasteiger partial charge is 0.150 e. The molecule has 1 aromatic rings. The monoisotopic (exact) mass is 245 g/mol. The quantitative estimate of drug-likeness (QED) is 0.839. The number of anilines is 1. The van der Waals surface area contributed by atoms with Gasteiger partial charge in [0.1, 0.15) is 0 Å². The molecule has 1 unspecified atom stereocenters. The van der Waals surface area contributed by atoms with Crippen LogP contribution in [-0.2, 0) is 0 Å². The SMILES string of the molecule is CCCC(n1ncc(NC)c1Cl)C(C)(C)O. The molecule has 2 N–H and O–H groups in total. The first-order valence-corrected chi connectivity index (χ1v) is 5.92. The molecule has 0 saturated carbocycles. The van der Waals surface area contributed by atoms with Crippen LogP contribution in [0.2, 0.25) is 5.15 Å². The number of aliphatic hydroxyl groups is 1. The molecule has 0 aliphatic rings. The van der Waals surface area contributed by atoms with Crippen LogP contribution in [-0.4, -0.2) is 27.5 Å². The maximum absolute atomic E-state index is 10.1. The minimum atomic E-state index is -0.837. The minimum absolute atomic E-state index is 0.105. The van der Waals surface area contributed by atoms with Gasteiger partial charge >= 0.3 is 0 Å². The molecule has 0 fully saturated rings. The highest BCUT2D eigenvalue weighted by molar-refractivity contribution is 6.32. The number of aromatic nitrogens is 2. The van der Waals surface area contributed by atoms with Gasteiger partial charge in [-0.2, -0.15) is 5.10 Å². The van der Waals surface area contributed by atoms with Crippen LogP contribution in [0.25, 0.3) is 0 Å². The number of nitrogens with one attached hydrogen (secondary N) is 1. The van der Waals surface area contributed by atoms with Crippen molar-refractivity contribution in [1.29, 1.82) is 0 Å². The summed E-state index contributed by atoms with van der Waals surface area (Å²) in [5.74, 6) is 0. The van der Waals surface area contributed by atoms with Crippen LogP contribution in [0.5, 0.6) is 0 Å². The Morgan fingerprint density at radius 1 is 1.62 bits per heavy atom. The molecule has 0 spiro atoms. The van der Waals surface area contributed by atoms with Gasteiger partial charge in [0.2, 0.25) is 0 Å². The van der Waals surface area contributed by atoms with Gasteiger partial charge in [-0.1, -0.05) is 24.9 Å². The van der Waals surface area contributed by atoms with Gasteiger partial charge in [-0.25, -0.2) is 4.68 Å². The van der Waals surface area contributed by atoms with E-state index in [1.807, 2.05) is 0 Å². The summed E-state index contributed by atoms with van der Waals surface area (Å²) >= 11 is 6.19. The third kappa shape index (κ3) is 2.68. The minimum Gasteiger partial charge on any atom is -0.388 e. The highest BCUT2D eigenvalue weighted by Gasteiger charge is 2.30. The van der Waals surface area contributed by atoms with E-state index in [0.29, 0.717) is 5.15 Å². The second-order valence-corrected chi connectivity index (χ2v) is 4.86. The summed E-state index contributed by atoms with van der Waals surface area (Å²) in [5.41, 5.74) is -0.0523. The van der Waals surface area contributed by atoms with Crippen LogP contribution >= 0.6 is 11.6 Å². The maximum Gasteiger partial charge on any atom is 0.150 e. The molecule has 5 heteroatoms. The third-order valence-electron chi connectivity index (χ3n) is 2.68. The van der Waals surface area contributed by atoms with Gasteiger partial charge in [0.25, 0.3) is 0 Å². The van der Waals surface area contributed by atoms with E-state index in [1.165, 1.54) is 0 Å². The summed E-state index contributed by atoms with van der Waals surface area (Å²) < 4.78 is 1.69. The predicted octanol–water partition coefficient (Wildman–Crippen LogP) is 2.69. The lowest BCUT2D eigenvalue weighted by molar-refractivity contribution is 0.0142. The van der Waals surface area contributed by atoms with E-state index in [1.54, 1.807) is 31.8 Å². The number of hydrogen-bond acceptors (Lipinski definition) is 3. The van der Waals surface area contributed by atoms with Crippen molar-refractivity contribution < 1.29 is 5.11 Å². The molecule has 1 atom stereocenters. The van der Waals surface area contributed by atoms with Crippen molar-refractivity contribution in [2.24, 2.45) is 0 Å². The molecule has 92 valence electrons. The summed E-state index contributed by atoms with van der Waals surface area (Å²) in [6.45, 7) is 5.64.